The van der Waals surface area contributed by atoms with Crippen molar-refractivity contribution in [3.63, 3.8) is 0 Å². The molecule has 1 atom stereocenters. The van der Waals surface area contributed by atoms with Crippen molar-refractivity contribution in [3.05, 3.63) is 28.0 Å². The average molecular weight is 359 g/mol. The molecule has 0 spiro atoms. The van der Waals surface area contributed by atoms with Crippen molar-refractivity contribution < 1.29 is 14.3 Å². The zero-order valence-electron chi connectivity index (χ0n) is 13.0. The number of aromatic nitrogens is 1. The number of amides is 1. The van der Waals surface area contributed by atoms with Crippen molar-refractivity contribution in [1.82, 2.24) is 10.3 Å². The van der Waals surface area contributed by atoms with Gasteiger partial charge in [0.1, 0.15) is 11.8 Å². The van der Waals surface area contributed by atoms with Crippen LogP contribution in [0.3, 0.4) is 0 Å². The third-order valence-electron chi connectivity index (χ3n) is 3.84. The van der Waals surface area contributed by atoms with Crippen molar-refractivity contribution in [1.29, 1.82) is 0 Å². The molecule has 0 saturated heterocycles. The molecule has 1 aromatic rings. The van der Waals surface area contributed by atoms with Crippen molar-refractivity contribution in [3.8, 4) is 0 Å². The fraction of sp³-hybridized carbons (Fsp3) is 0.562. The molecule has 1 saturated carbocycles. The van der Waals surface area contributed by atoms with E-state index >= 15 is 0 Å². The summed E-state index contributed by atoms with van der Waals surface area (Å²) in [5.74, 6) is -0.299. The monoisotopic (exact) mass is 358 g/mol. The highest BCUT2D eigenvalue weighted by atomic mass is 35.5. The first-order chi connectivity index (χ1) is 11.0. The van der Waals surface area contributed by atoms with E-state index in [-0.39, 0.29) is 36.0 Å². The lowest BCUT2D eigenvalue weighted by molar-refractivity contribution is -0.145. The van der Waals surface area contributed by atoms with E-state index in [1.165, 1.54) is 0 Å². The van der Waals surface area contributed by atoms with Crippen molar-refractivity contribution in [2.24, 2.45) is 5.92 Å². The van der Waals surface area contributed by atoms with E-state index in [1.54, 1.807) is 19.1 Å². The number of nitrogens with zero attached hydrogens (tertiary/aromatic N) is 1. The number of halogens is 2. The zero-order valence-corrected chi connectivity index (χ0v) is 14.5. The maximum atomic E-state index is 12.0. The van der Waals surface area contributed by atoms with Gasteiger partial charge in [-0.3, -0.25) is 9.59 Å². The minimum atomic E-state index is -0.415. The summed E-state index contributed by atoms with van der Waals surface area (Å²) in [7, 11) is 0. The summed E-state index contributed by atoms with van der Waals surface area (Å²) in [5, 5.41) is 3.55. The summed E-state index contributed by atoms with van der Waals surface area (Å²) < 4.78 is 5.15. The van der Waals surface area contributed by atoms with Crippen LogP contribution in [0.2, 0.25) is 10.2 Å². The summed E-state index contributed by atoms with van der Waals surface area (Å²) in [5.41, 5.74) is 0.412. The van der Waals surface area contributed by atoms with Gasteiger partial charge in [0.25, 0.3) is 0 Å². The Hall–Kier alpha value is -1.33. The van der Waals surface area contributed by atoms with E-state index in [2.05, 4.69) is 10.3 Å². The minimum Gasteiger partial charge on any atom is -0.459 e. The molecule has 2 rings (SSSR count). The van der Waals surface area contributed by atoms with Gasteiger partial charge in [0.15, 0.2) is 0 Å². The quantitative estimate of drug-likeness (QED) is 0.623. The number of rotatable bonds is 6. The molecule has 1 aromatic heterocycles. The Morgan fingerprint density at radius 2 is 2.04 bits per heavy atom. The highest BCUT2D eigenvalue weighted by Gasteiger charge is 2.24. The molecule has 1 N–H and O–H groups in total. The van der Waals surface area contributed by atoms with Crippen LogP contribution in [-0.2, 0) is 20.9 Å². The lowest BCUT2D eigenvalue weighted by Crippen LogP contribution is -2.37. The molecule has 5 nitrogen and oxygen atoms in total. The van der Waals surface area contributed by atoms with E-state index < -0.39 is 5.97 Å². The fourth-order valence-corrected chi connectivity index (χ4v) is 2.94. The molecule has 0 radical (unpaired) electrons. The van der Waals surface area contributed by atoms with E-state index in [0.717, 1.165) is 25.7 Å². The van der Waals surface area contributed by atoms with Crippen LogP contribution in [0.25, 0.3) is 0 Å². The molecule has 1 heterocycles. The number of esters is 1. The van der Waals surface area contributed by atoms with Gasteiger partial charge in [-0.15, -0.1) is 0 Å². The van der Waals surface area contributed by atoms with Gasteiger partial charge in [0.2, 0.25) is 5.91 Å². The molecule has 0 bridgehead atoms. The standard InChI is InChI=1S/C16H20Cl2N2O3/c1-10(19-16(22)11-4-2-3-5-11)8-15(21)23-9-13-12(17)6-7-14(18)20-13/h6-7,10-11H,2-5,8-9H2,1H3,(H,19,22). The predicted octanol–water partition coefficient (Wildman–Crippen LogP) is 3.52. The summed E-state index contributed by atoms with van der Waals surface area (Å²) in [4.78, 5) is 27.9. The molecule has 1 fully saturated rings. The normalized spacial score (nSPS) is 16.1. The third kappa shape index (κ3) is 5.66. The van der Waals surface area contributed by atoms with Gasteiger partial charge in [-0.25, -0.2) is 4.98 Å². The second kappa shape index (κ2) is 8.50. The molecule has 1 aliphatic carbocycles. The van der Waals surface area contributed by atoms with E-state index in [0.29, 0.717) is 10.7 Å². The van der Waals surface area contributed by atoms with E-state index in [4.69, 9.17) is 27.9 Å². The van der Waals surface area contributed by atoms with Crippen LogP contribution < -0.4 is 5.32 Å². The van der Waals surface area contributed by atoms with E-state index in [9.17, 15) is 9.59 Å². The lowest BCUT2D eigenvalue weighted by Gasteiger charge is -2.16. The first kappa shape index (κ1) is 18.0. The topological polar surface area (TPSA) is 68.3 Å². The van der Waals surface area contributed by atoms with Crippen LogP contribution in [-0.4, -0.2) is 22.9 Å². The summed E-state index contributed by atoms with van der Waals surface area (Å²) in [6.07, 6.45) is 4.17. The van der Waals surface area contributed by atoms with Gasteiger partial charge in [0, 0.05) is 12.0 Å². The SMILES string of the molecule is CC(CC(=O)OCc1nc(Cl)ccc1Cl)NC(=O)C1CCCC1. The summed E-state index contributed by atoms with van der Waals surface area (Å²) in [6, 6.07) is 2.90. The van der Waals surface area contributed by atoms with Gasteiger partial charge >= 0.3 is 5.97 Å². The molecular formula is C16H20Cl2N2O3. The predicted molar refractivity (Wildman–Crippen MR) is 88.2 cm³/mol. The number of nitrogens with one attached hydrogen (secondary N) is 1. The lowest BCUT2D eigenvalue weighted by atomic mass is 10.1. The van der Waals surface area contributed by atoms with Crippen molar-refractivity contribution >= 4 is 35.1 Å². The fourth-order valence-electron chi connectivity index (χ4n) is 2.62. The van der Waals surface area contributed by atoms with Gasteiger partial charge in [-0.2, -0.15) is 0 Å². The highest BCUT2D eigenvalue weighted by molar-refractivity contribution is 6.32. The first-order valence-electron chi connectivity index (χ1n) is 7.72. The Morgan fingerprint density at radius 3 is 2.74 bits per heavy atom. The Morgan fingerprint density at radius 1 is 1.35 bits per heavy atom. The molecule has 23 heavy (non-hydrogen) atoms. The highest BCUT2D eigenvalue weighted by Crippen LogP contribution is 2.24. The van der Waals surface area contributed by atoms with Crippen LogP contribution in [0.1, 0.15) is 44.7 Å². The Kier molecular flexibility index (Phi) is 6.66. The maximum Gasteiger partial charge on any atom is 0.308 e. The summed E-state index contributed by atoms with van der Waals surface area (Å²) >= 11 is 11.7. The molecule has 0 aromatic carbocycles. The molecule has 7 heteroatoms. The van der Waals surface area contributed by atoms with Gasteiger partial charge in [-0.05, 0) is 31.9 Å². The maximum absolute atomic E-state index is 12.0. The Bertz CT molecular complexity index is 574. The molecular weight excluding hydrogens is 339 g/mol. The number of hydrogen-bond acceptors (Lipinski definition) is 4. The van der Waals surface area contributed by atoms with Crippen molar-refractivity contribution in [2.45, 2.75) is 51.7 Å². The number of carbonyl (C=O) groups is 2. The van der Waals surface area contributed by atoms with E-state index in [1.807, 2.05) is 0 Å². The minimum absolute atomic E-state index is 0.0300. The molecule has 1 amide bonds. The number of ether oxygens (including phenoxy) is 1. The number of hydrogen-bond donors (Lipinski definition) is 1. The largest absolute Gasteiger partial charge is 0.459 e. The van der Waals surface area contributed by atoms with Crippen molar-refractivity contribution in [2.75, 3.05) is 0 Å². The molecule has 1 unspecified atom stereocenters. The Labute approximate surface area is 145 Å². The van der Waals surface area contributed by atoms with Crippen LogP contribution in [0.5, 0.6) is 0 Å². The first-order valence-corrected chi connectivity index (χ1v) is 8.48. The number of carbonyl (C=O) groups excluding carboxylic acids is 2. The molecule has 1 aliphatic rings. The third-order valence-corrected chi connectivity index (χ3v) is 4.40. The van der Waals surface area contributed by atoms with Crippen LogP contribution in [0.15, 0.2) is 12.1 Å². The van der Waals surface area contributed by atoms with Gasteiger partial charge in [0.05, 0.1) is 17.1 Å². The zero-order chi connectivity index (χ0) is 16.8. The van der Waals surface area contributed by atoms with Gasteiger partial charge < -0.3 is 10.1 Å². The van der Waals surface area contributed by atoms with Crippen LogP contribution in [0.4, 0.5) is 0 Å². The summed E-state index contributed by atoms with van der Waals surface area (Å²) in [6.45, 7) is 1.75. The number of pyridine rings is 1. The molecule has 0 aliphatic heterocycles. The Balaban J connectivity index is 1.75. The van der Waals surface area contributed by atoms with Crippen LogP contribution in [0, 0.1) is 5.92 Å². The second-order valence-electron chi connectivity index (χ2n) is 5.82. The van der Waals surface area contributed by atoms with Crippen LogP contribution >= 0.6 is 23.2 Å². The average Bonchev–Trinajstić information content (AvgIpc) is 3.02. The smallest absolute Gasteiger partial charge is 0.308 e. The van der Waals surface area contributed by atoms with Gasteiger partial charge in [-0.1, -0.05) is 36.0 Å². The molecule has 126 valence electrons. The second-order valence-corrected chi connectivity index (χ2v) is 6.61.